The van der Waals surface area contributed by atoms with E-state index in [9.17, 15) is 8.42 Å². The van der Waals surface area contributed by atoms with E-state index in [-0.39, 0.29) is 4.90 Å². The molecule has 18 heavy (non-hydrogen) atoms. The summed E-state index contributed by atoms with van der Waals surface area (Å²) in [5.74, 6) is 0. The van der Waals surface area contributed by atoms with Crippen molar-refractivity contribution in [3.63, 3.8) is 0 Å². The minimum Gasteiger partial charge on any atom is -0.398 e. The number of hydrogen-bond donors (Lipinski definition) is 2. The topological polar surface area (TPSA) is 72.2 Å². The highest BCUT2D eigenvalue weighted by atomic mass is 32.2. The van der Waals surface area contributed by atoms with Crippen molar-refractivity contribution in [2.75, 3.05) is 18.5 Å². The highest BCUT2D eigenvalue weighted by molar-refractivity contribution is 7.90. The summed E-state index contributed by atoms with van der Waals surface area (Å²) in [7, 11) is -3.23. The van der Waals surface area contributed by atoms with E-state index in [0.717, 1.165) is 24.9 Å². The van der Waals surface area contributed by atoms with Gasteiger partial charge in [-0.25, -0.2) is 8.42 Å². The van der Waals surface area contributed by atoms with Crippen LogP contribution in [0, 0.1) is 0 Å². The number of nitrogens with two attached hydrogens (primary N) is 1. The van der Waals surface area contributed by atoms with Crippen LogP contribution in [0.3, 0.4) is 0 Å². The lowest BCUT2D eigenvalue weighted by Gasteiger charge is -2.11. The molecule has 0 amide bonds. The molecule has 1 unspecified atom stereocenters. The van der Waals surface area contributed by atoms with Crippen molar-refractivity contribution in [1.82, 2.24) is 5.32 Å². The fraction of sp³-hybridized carbons (Fsp3) is 0.538. The van der Waals surface area contributed by atoms with Gasteiger partial charge in [-0.3, -0.25) is 0 Å². The Morgan fingerprint density at radius 2 is 2.22 bits per heavy atom. The van der Waals surface area contributed by atoms with Crippen LogP contribution in [0.15, 0.2) is 23.1 Å². The van der Waals surface area contributed by atoms with Crippen LogP contribution in [0.5, 0.6) is 0 Å². The first-order chi connectivity index (χ1) is 8.47. The maximum absolute atomic E-state index is 11.6. The first-order valence-electron chi connectivity index (χ1n) is 6.28. The average Bonchev–Trinajstić information content (AvgIpc) is 2.79. The molecule has 1 aliphatic heterocycles. The van der Waals surface area contributed by atoms with Gasteiger partial charge in [0.15, 0.2) is 9.84 Å². The van der Waals surface area contributed by atoms with Crippen LogP contribution in [0.1, 0.15) is 24.8 Å². The Balaban J connectivity index is 2.09. The molecule has 3 N–H and O–H groups in total. The normalized spacial score (nSPS) is 20.2. The van der Waals surface area contributed by atoms with Gasteiger partial charge in [-0.15, -0.1) is 0 Å². The van der Waals surface area contributed by atoms with Gasteiger partial charge in [0.25, 0.3) is 0 Å². The molecule has 0 aliphatic carbocycles. The van der Waals surface area contributed by atoms with Gasteiger partial charge in [0, 0.05) is 12.3 Å². The van der Waals surface area contributed by atoms with Crippen molar-refractivity contribution in [3.8, 4) is 0 Å². The molecule has 5 heteroatoms. The van der Waals surface area contributed by atoms with Crippen LogP contribution in [0.4, 0.5) is 5.69 Å². The summed E-state index contributed by atoms with van der Waals surface area (Å²) in [5, 5.41) is 3.44. The summed E-state index contributed by atoms with van der Waals surface area (Å²) in [4.78, 5) is 0.249. The molecule has 0 spiro atoms. The summed E-state index contributed by atoms with van der Waals surface area (Å²) in [6, 6.07) is 5.89. The maximum Gasteiger partial charge on any atom is 0.177 e. The highest BCUT2D eigenvalue weighted by Crippen LogP contribution is 2.21. The van der Waals surface area contributed by atoms with Crippen LogP contribution < -0.4 is 11.1 Å². The Labute approximate surface area is 108 Å². The van der Waals surface area contributed by atoms with Crippen LogP contribution in [-0.4, -0.2) is 27.3 Å². The van der Waals surface area contributed by atoms with Gasteiger partial charge in [0.2, 0.25) is 0 Å². The fourth-order valence-electron chi connectivity index (χ4n) is 2.40. The fourth-order valence-corrected chi connectivity index (χ4v) is 3.26. The first-order valence-corrected chi connectivity index (χ1v) is 8.18. The molecule has 0 saturated carbocycles. The van der Waals surface area contributed by atoms with E-state index in [4.69, 9.17) is 5.73 Å². The molecule has 100 valence electrons. The molecule has 1 saturated heterocycles. The standard InChI is InChI=1S/C13H20N2O2S/c1-18(16,17)13-9-10(5-7-12(13)14)4-6-11-3-2-8-15-11/h5,7,9,11,15H,2-4,6,8,14H2,1H3. The number of nitrogens with one attached hydrogen (secondary N) is 1. The molecule has 0 bridgehead atoms. The van der Waals surface area contributed by atoms with E-state index in [1.165, 1.54) is 19.1 Å². The molecule has 4 nitrogen and oxygen atoms in total. The molecule has 1 heterocycles. The molecule has 0 radical (unpaired) electrons. The monoisotopic (exact) mass is 268 g/mol. The highest BCUT2D eigenvalue weighted by Gasteiger charge is 2.15. The molecule has 1 atom stereocenters. The lowest BCUT2D eigenvalue weighted by Crippen LogP contribution is -2.21. The van der Waals surface area contributed by atoms with E-state index in [1.807, 2.05) is 6.07 Å². The maximum atomic E-state index is 11.6. The molecule has 1 aromatic carbocycles. The third-order valence-electron chi connectivity index (χ3n) is 3.42. The van der Waals surface area contributed by atoms with Crippen molar-refractivity contribution in [1.29, 1.82) is 0 Å². The van der Waals surface area contributed by atoms with Crippen molar-refractivity contribution in [3.05, 3.63) is 23.8 Å². The van der Waals surface area contributed by atoms with Crippen LogP contribution >= 0.6 is 0 Å². The van der Waals surface area contributed by atoms with Gasteiger partial charge in [-0.1, -0.05) is 6.07 Å². The smallest absolute Gasteiger partial charge is 0.177 e. The summed E-state index contributed by atoms with van der Waals surface area (Å²) >= 11 is 0. The summed E-state index contributed by atoms with van der Waals surface area (Å²) in [6.45, 7) is 1.10. The van der Waals surface area contributed by atoms with E-state index >= 15 is 0 Å². The van der Waals surface area contributed by atoms with E-state index in [0.29, 0.717) is 11.7 Å². The summed E-state index contributed by atoms with van der Waals surface area (Å²) in [6.07, 6.45) is 5.59. The van der Waals surface area contributed by atoms with Gasteiger partial charge < -0.3 is 11.1 Å². The number of sulfone groups is 1. The molecule has 1 aromatic rings. The molecule has 2 rings (SSSR count). The second kappa shape index (κ2) is 5.28. The number of nitrogen functional groups attached to an aromatic ring is 1. The second-order valence-corrected chi connectivity index (χ2v) is 6.96. The van der Waals surface area contributed by atoms with Crippen molar-refractivity contribution in [2.24, 2.45) is 0 Å². The average molecular weight is 268 g/mol. The molecule has 1 aliphatic rings. The van der Waals surface area contributed by atoms with Gasteiger partial charge in [0.05, 0.1) is 10.6 Å². The lowest BCUT2D eigenvalue weighted by molar-refractivity contribution is 0.559. The van der Waals surface area contributed by atoms with Gasteiger partial charge in [-0.2, -0.15) is 0 Å². The molecular weight excluding hydrogens is 248 g/mol. The molecule has 0 aromatic heterocycles. The predicted molar refractivity (Wildman–Crippen MR) is 73.3 cm³/mol. The van der Waals surface area contributed by atoms with Gasteiger partial charge in [-0.05, 0) is 49.9 Å². The predicted octanol–water partition coefficient (Wildman–Crippen LogP) is 1.36. The number of hydrogen-bond acceptors (Lipinski definition) is 4. The number of aryl methyl sites for hydroxylation is 1. The third-order valence-corrected chi connectivity index (χ3v) is 4.57. The number of rotatable bonds is 4. The van der Waals surface area contributed by atoms with Crippen LogP contribution in [-0.2, 0) is 16.3 Å². The largest absolute Gasteiger partial charge is 0.398 e. The van der Waals surface area contributed by atoms with E-state index < -0.39 is 9.84 Å². The first kappa shape index (κ1) is 13.4. The Kier molecular flexibility index (Phi) is 3.92. The second-order valence-electron chi connectivity index (χ2n) is 4.98. The SMILES string of the molecule is CS(=O)(=O)c1cc(CCC2CCCN2)ccc1N. The zero-order chi connectivity index (χ0) is 13.2. The van der Waals surface area contributed by atoms with E-state index in [1.54, 1.807) is 12.1 Å². The minimum absolute atomic E-state index is 0.249. The summed E-state index contributed by atoms with van der Waals surface area (Å²) < 4.78 is 23.1. The van der Waals surface area contributed by atoms with Crippen molar-refractivity contribution < 1.29 is 8.42 Å². The molecular formula is C13H20N2O2S. The lowest BCUT2D eigenvalue weighted by atomic mass is 10.0. The Bertz CT molecular complexity index is 520. The van der Waals surface area contributed by atoms with Gasteiger partial charge >= 0.3 is 0 Å². The zero-order valence-corrected chi connectivity index (χ0v) is 11.5. The van der Waals surface area contributed by atoms with Crippen LogP contribution in [0.2, 0.25) is 0 Å². The van der Waals surface area contributed by atoms with Crippen molar-refractivity contribution in [2.45, 2.75) is 36.6 Å². The number of anilines is 1. The van der Waals surface area contributed by atoms with E-state index in [2.05, 4.69) is 5.32 Å². The minimum atomic E-state index is -3.23. The van der Waals surface area contributed by atoms with Crippen molar-refractivity contribution >= 4 is 15.5 Å². The van der Waals surface area contributed by atoms with Crippen LogP contribution in [0.25, 0.3) is 0 Å². The zero-order valence-electron chi connectivity index (χ0n) is 10.6. The summed E-state index contributed by atoms with van der Waals surface area (Å²) in [5.41, 5.74) is 7.08. The molecule has 1 fully saturated rings. The Hall–Kier alpha value is -1.07. The number of benzene rings is 1. The quantitative estimate of drug-likeness (QED) is 0.809. The van der Waals surface area contributed by atoms with Gasteiger partial charge in [0.1, 0.15) is 0 Å². The third kappa shape index (κ3) is 3.23. The Morgan fingerprint density at radius 3 is 2.83 bits per heavy atom. The Morgan fingerprint density at radius 1 is 1.44 bits per heavy atom.